The van der Waals surface area contributed by atoms with Crippen LogP contribution in [0.3, 0.4) is 0 Å². The molecule has 1 aromatic rings. The predicted molar refractivity (Wildman–Crippen MR) is 82.5 cm³/mol. The molecule has 4 N–H and O–H groups in total. The zero-order valence-corrected chi connectivity index (χ0v) is 13.2. The van der Waals surface area contributed by atoms with Crippen molar-refractivity contribution in [2.75, 3.05) is 17.6 Å². The highest BCUT2D eigenvalue weighted by atomic mass is 16.2. The molecule has 0 fully saturated rings. The Kier molecular flexibility index (Phi) is 5.85. The van der Waals surface area contributed by atoms with E-state index in [1.807, 2.05) is 14.0 Å². The fourth-order valence-corrected chi connectivity index (χ4v) is 1.92. The molecule has 0 aliphatic heterocycles. The Morgan fingerprint density at radius 3 is 2.60 bits per heavy atom. The molecule has 20 heavy (non-hydrogen) atoms. The first-order valence-electron chi connectivity index (χ1n) is 7.22. The first-order chi connectivity index (χ1) is 9.36. The van der Waals surface area contributed by atoms with Gasteiger partial charge in [-0.1, -0.05) is 27.2 Å². The van der Waals surface area contributed by atoms with Gasteiger partial charge in [-0.15, -0.1) is 0 Å². The summed E-state index contributed by atoms with van der Waals surface area (Å²) in [5.41, 5.74) is 7.60. The molecule has 0 aromatic carbocycles. The van der Waals surface area contributed by atoms with Gasteiger partial charge in [0.25, 0.3) is 0 Å². The molecular formula is C14H27N5O. The van der Waals surface area contributed by atoms with Crippen LogP contribution in [0.15, 0.2) is 0 Å². The van der Waals surface area contributed by atoms with Gasteiger partial charge < -0.3 is 16.4 Å². The maximum absolute atomic E-state index is 12.0. The molecule has 1 unspecified atom stereocenters. The Morgan fingerprint density at radius 2 is 2.05 bits per heavy atom. The van der Waals surface area contributed by atoms with E-state index < -0.39 is 0 Å². The van der Waals surface area contributed by atoms with Crippen LogP contribution in [0.1, 0.15) is 39.8 Å². The number of aryl methyl sites for hydroxylation is 2. The minimum absolute atomic E-state index is 0.0312. The number of hydrogen-bond donors (Lipinski definition) is 3. The highest BCUT2D eigenvalue weighted by Crippen LogP contribution is 2.23. The first kappa shape index (κ1) is 16.3. The van der Waals surface area contributed by atoms with E-state index >= 15 is 0 Å². The van der Waals surface area contributed by atoms with Gasteiger partial charge in [-0.25, -0.2) is 0 Å². The van der Waals surface area contributed by atoms with Gasteiger partial charge in [0.1, 0.15) is 11.9 Å². The summed E-state index contributed by atoms with van der Waals surface area (Å²) >= 11 is 0. The number of aromatic nitrogens is 2. The largest absolute Gasteiger partial charge is 0.394 e. The molecule has 6 nitrogen and oxygen atoms in total. The summed E-state index contributed by atoms with van der Waals surface area (Å²) < 4.78 is 1.70. The lowest BCUT2D eigenvalue weighted by atomic mass is 10.2. The second-order valence-electron chi connectivity index (χ2n) is 5.59. The van der Waals surface area contributed by atoms with Crippen molar-refractivity contribution in [3.8, 4) is 0 Å². The molecule has 6 heteroatoms. The first-order valence-corrected chi connectivity index (χ1v) is 7.22. The standard InChI is InChI=1S/C14H27N5O/c1-6-7-11-12(15)13(19(5)18-11)17-10(4)14(20)16-8-9(2)3/h9-10,17H,6-8,15H2,1-5H3,(H,16,20). The summed E-state index contributed by atoms with van der Waals surface area (Å²) in [4.78, 5) is 12.0. The molecular weight excluding hydrogens is 254 g/mol. The average molecular weight is 281 g/mol. The average Bonchev–Trinajstić information content (AvgIpc) is 2.64. The number of nitrogen functional groups attached to an aromatic ring is 1. The Labute approximate surface area is 121 Å². The third kappa shape index (κ3) is 4.15. The lowest BCUT2D eigenvalue weighted by molar-refractivity contribution is -0.121. The number of anilines is 2. The quantitative estimate of drug-likeness (QED) is 0.707. The lowest BCUT2D eigenvalue weighted by Crippen LogP contribution is -2.39. The number of hydrogen-bond acceptors (Lipinski definition) is 4. The zero-order chi connectivity index (χ0) is 15.3. The van der Waals surface area contributed by atoms with Crippen molar-refractivity contribution in [1.29, 1.82) is 0 Å². The third-order valence-electron chi connectivity index (χ3n) is 3.08. The minimum Gasteiger partial charge on any atom is -0.394 e. The summed E-state index contributed by atoms with van der Waals surface area (Å²) in [5.74, 6) is 1.11. The highest BCUT2D eigenvalue weighted by molar-refractivity contribution is 5.85. The molecule has 0 radical (unpaired) electrons. The molecule has 1 aromatic heterocycles. The third-order valence-corrected chi connectivity index (χ3v) is 3.08. The second kappa shape index (κ2) is 7.17. The molecule has 1 heterocycles. The predicted octanol–water partition coefficient (Wildman–Crippen LogP) is 1.53. The van der Waals surface area contributed by atoms with Crippen molar-refractivity contribution >= 4 is 17.4 Å². The van der Waals surface area contributed by atoms with Crippen molar-refractivity contribution in [3.63, 3.8) is 0 Å². The molecule has 0 saturated carbocycles. The van der Waals surface area contributed by atoms with E-state index in [9.17, 15) is 4.79 Å². The van der Waals surface area contributed by atoms with Gasteiger partial charge in [-0.05, 0) is 19.3 Å². The molecule has 1 rings (SSSR count). The number of rotatable bonds is 7. The molecule has 0 aliphatic carbocycles. The Bertz CT molecular complexity index is 453. The highest BCUT2D eigenvalue weighted by Gasteiger charge is 2.18. The van der Waals surface area contributed by atoms with E-state index in [2.05, 4.69) is 36.5 Å². The number of nitrogens with zero attached hydrogens (tertiary/aromatic N) is 2. The summed E-state index contributed by atoms with van der Waals surface area (Å²) in [5, 5.41) is 10.4. The van der Waals surface area contributed by atoms with Gasteiger partial charge in [0.2, 0.25) is 5.91 Å². The Morgan fingerprint density at radius 1 is 1.40 bits per heavy atom. The van der Waals surface area contributed by atoms with Gasteiger partial charge in [-0.3, -0.25) is 9.48 Å². The van der Waals surface area contributed by atoms with Gasteiger partial charge in [-0.2, -0.15) is 5.10 Å². The maximum Gasteiger partial charge on any atom is 0.242 e. The van der Waals surface area contributed by atoms with Gasteiger partial charge in [0.05, 0.1) is 11.4 Å². The van der Waals surface area contributed by atoms with Crippen LogP contribution in [0.4, 0.5) is 11.5 Å². The monoisotopic (exact) mass is 281 g/mol. The van der Waals surface area contributed by atoms with E-state index in [4.69, 9.17) is 5.73 Å². The summed E-state index contributed by atoms with van der Waals surface area (Å²) in [6.45, 7) is 8.71. The normalized spacial score (nSPS) is 12.5. The van der Waals surface area contributed by atoms with E-state index in [-0.39, 0.29) is 11.9 Å². The Hall–Kier alpha value is -1.72. The van der Waals surface area contributed by atoms with Crippen LogP contribution in [0.25, 0.3) is 0 Å². The molecule has 0 aliphatic rings. The van der Waals surface area contributed by atoms with Crippen molar-refractivity contribution < 1.29 is 4.79 Å². The van der Waals surface area contributed by atoms with Crippen LogP contribution in [0, 0.1) is 5.92 Å². The smallest absolute Gasteiger partial charge is 0.242 e. The fraction of sp³-hybridized carbons (Fsp3) is 0.714. The molecule has 0 spiro atoms. The number of nitrogens with two attached hydrogens (primary N) is 1. The SMILES string of the molecule is CCCc1nn(C)c(NC(C)C(=O)NCC(C)C)c1N. The molecule has 114 valence electrons. The fourth-order valence-electron chi connectivity index (χ4n) is 1.92. The lowest BCUT2D eigenvalue weighted by Gasteiger charge is -2.16. The molecule has 0 saturated heterocycles. The topological polar surface area (TPSA) is 85.0 Å². The maximum atomic E-state index is 12.0. The van der Waals surface area contributed by atoms with Crippen LogP contribution in [-0.4, -0.2) is 28.3 Å². The van der Waals surface area contributed by atoms with Crippen LogP contribution in [0.5, 0.6) is 0 Å². The van der Waals surface area contributed by atoms with Crippen molar-refractivity contribution in [2.45, 2.75) is 46.6 Å². The van der Waals surface area contributed by atoms with E-state index in [0.29, 0.717) is 24.0 Å². The second-order valence-corrected chi connectivity index (χ2v) is 5.59. The minimum atomic E-state index is -0.346. The van der Waals surface area contributed by atoms with Crippen LogP contribution < -0.4 is 16.4 Å². The van der Waals surface area contributed by atoms with Gasteiger partial charge >= 0.3 is 0 Å². The zero-order valence-electron chi connectivity index (χ0n) is 13.2. The van der Waals surface area contributed by atoms with Crippen molar-refractivity contribution in [2.24, 2.45) is 13.0 Å². The van der Waals surface area contributed by atoms with Crippen LogP contribution >= 0.6 is 0 Å². The van der Waals surface area contributed by atoms with E-state index in [0.717, 1.165) is 18.5 Å². The number of nitrogens with one attached hydrogen (secondary N) is 2. The number of amides is 1. The summed E-state index contributed by atoms with van der Waals surface area (Å²) in [7, 11) is 1.83. The van der Waals surface area contributed by atoms with Crippen LogP contribution in [-0.2, 0) is 18.3 Å². The number of carbonyl (C=O) groups is 1. The molecule has 1 amide bonds. The summed E-state index contributed by atoms with van der Waals surface area (Å²) in [6, 6.07) is -0.346. The molecule has 0 bridgehead atoms. The van der Waals surface area contributed by atoms with Gasteiger partial charge in [0, 0.05) is 13.6 Å². The molecule has 1 atom stereocenters. The van der Waals surface area contributed by atoms with Crippen molar-refractivity contribution in [3.05, 3.63) is 5.69 Å². The Balaban J connectivity index is 2.70. The number of carbonyl (C=O) groups excluding carboxylic acids is 1. The van der Waals surface area contributed by atoms with E-state index in [1.165, 1.54) is 0 Å². The van der Waals surface area contributed by atoms with Crippen molar-refractivity contribution in [1.82, 2.24) is 15.1 Å². The van der Waals surface area contributed by atoms with Crippen LogP contribution in [0.2, 0.25) is 0 Å². The van der Waals surface area contributed by atoms with E-state index in [1.54, 1.807) is 4.68 Å². The summed E-state index contributed by atoms with van der Waals surface area (Å²) in [6.07, 6.45) is 1.83. The van der Waals surface area contributed by atoms with Gasteiger partial charge in [0.15, 0.2) is 0 Å².